The zero-order valence-corrected chi connectivity index (χ0v) is 10.7. The molecule has 1 aromatic rings. The normalized spacial score (nSPS) is 11.7. The van der Waals surface area contributed by atoms with Gasteiger partial charge in [0, 0.05) is 23.9 Å². The highest BCUT2D eigenvalue weighted by Gasteiger charge is 2.37. The lowest BCUT2D eigenvalue weighted by Gasteiger charge is -2.20. The Morgan fingerprint density at radius 2 is 1.77 bits per heavy atom. The number of rotatable bonds is 3. The Morgan fingerprint density at radius 1 is 1.23 bits per heavy atom. The van der Waals surface area contributed by atoms with Crippen LogP contribution in [0.1, 0.15) is 0 Å². The van der Waals surface area contributed by atoms with E-state index in [1.807, 2.05) is 24.3 Å². The summed E-state index contributed by atoms with van der Waals surface area (Å²) >= 11 is 9.61. The summed E-state index contributed by atoms with van der Waals surface area (Å²) in [6.07, 6.45) is 0. The summed E-state index contributed by atoms with van der Waals surface area (Å²) in [6.45, 7) is 0. The fourth-order valence-electron chi connectivity index (χ4n) is 1.01. The molecule has 5 heteroatoms. The Kier molecular flexibility index (Phi) is 3.94. The molecule has 0 bridgehead atoms. The predicted octanol–water partition coefficient (Wildman–Crippen LogP) is 2.13. The maximum Gasteiger partial charge on any atom is 0.478 e. The topological polar surface area (TPSA) is 18.5 Å². The monoisotopic (exact) mass is 280 g/mol. The molecule has 13 heavy (non-hydrogen) atoms. The van der Waals surface area contributed by atoms with Crippen LogP contribution in [0.2, 0.25) is 0 Å². The van der Waals surface area contributed by atoms with Gasteiger partial charge in [-0.05, 0) is 6.07 Å². The molecule has 0 aliphatic carbocycles. The highest BCUT2D eigenvalue weighted by Crippen LogP contribution is 2.17. The highest BCUT2D eigenvalue weighted by atomic mass is 79.9. The van der Waals surface area contributed by atoms with Gasteiger partial charge in [0.25, 0.3) is 0 Å². The molecule has 0 N–H and O–H groups in total. The lowest BCUT2D eigenvalue weighted by atomic mass is 10.4. The third-order valence-electron chi connectivity index (χ3n) is 1.72. The second kappa shape index (κ2) is 4.57. The zero-order chi connectivity index (χ0) is 9.90. The Hall–Kier alpha value is 0.127. The zero-order valence-electron chi connectivity index (χ0n) is 7.38. The van der Waals surface area contributed by atoms with E-state index in [4.69, 9.17) is 19.9 Å². The van der Waals surface area contributed by atoms with E-state index in [0.717, 1.165) is 9.66 Å². The van der Waals surface area contributed by atoms with Gasteiger partial charge in [-0.3, -0.25) is 0 Å². The lowest BCUT2D eigenvalue weighted by Crippen LogP contribution is -2.47. The largest absolute Gasteiger partial charge is 0.478 e. The molecule has 0 radical (unpaired) electrons. The summed E-state index contributed by atoms with van der Waals surface area (Å²) in [6, 6.07) is 7.64. The van der Waals surface area contributed by atoms with Crippen molar-refractivity contribution in [2.24, 2.45) is 0 Å². The van der Waals surface area contributed by atoms with Gasteiger partial charge in [-0.25, -0.2) is 0 Å². The molecule has 0 aliphatic heterocycles. The van der Waals surface area contributed by atoms with Crippen LogP contribution in [-0.2, 0) is 8.85 Å². The maximum absolute atomic E-state index is 6.20. The third-order valence-corrected chi connectivity index (χ3v) is 6.44. The molecule has 0 heterocycles. The van der Waals surface area contributed by atoms with Crippen LogP contribution >= 0.6 is 27.0 Å². The molecule has 0 saturated carbocycles. The SMILES string of the molecule is CO[Si](Cl)(OC)c1ccccc1Br. The second-order valence-corrected chi connectivity index (χ2v) is 7.20. The van der Waals surface area contributed by atoms with Crippen LogP contribution in [0.15, 0.2) is 28.7 Å². The second-order valence-electron chi connectivity index (χ2n) is 2.42. The van der Waals surface area contributed by atoms with E-state index in [1.54, 1.807) is 14.2 Å². The molecule has 0 fully saturated rings. The van der Waals surface area contributed by atoms with E-state index in [9.17, 15) is 0 Å². The van der Waals surface area contributed by atoms with Crippen molar-refractivity contribution in [1.29, 1.82) is 0 Å². The third kappa shape index (κ3) is 2.33. The fraction of sp³-hybridized carbons (Fsp3) is 0.250. The quantitative estimate of drug-likeness (QED) is 0.624. The molecule has 2 nitrogen and oxygen atoms in total. The Balaban J connectivity index is 3.12. The summed E-state index contributed by atoms with van der Waals surface area (Å²) in [7, 11) is 0.423. The van der Waals surface area contributed by atoms with Crippen LogP contribution in [0.4, 0.5) is 0 Å². The molecule has 0 amide bonds. The van der Waals surface area contributed by atoms with E-state index < -0.39 is 7.87 Å². The first kappa shape index (κ1) is 11.2. The molecule has 0 unspecified atom stereocenters. The van der Waals surface area contributed by atoms with Gasteiger partial charge in [0.05, 0.1) is 0 Å². The summed E-state index contributed by atoms with van der Waals surface area (Å²) in [5, 5.41) is 0.890. The van der Waals surface area contributed by atoms with Crippen molar-refractivity contribution in [3.05, 3.63) is 28.7 Å². The van der Waals surface area contributed by atoms with Gasteiger partial charge in [-0.2, -0.15) is 0 Å². The molecule has 72 valence electrons. The minimum atomic E-state index is -2.69. The van der Waals surface area contributed by atoms with Crippen LogP contribution in [-0.4, -0.2) is 22.1 Å². The van der Waals surface area contributed by atoms with Crippen LogP contribution in [0.25, 0.3) is 0 Å². The van der Waals surface area contributed by atoms with E-state index in [2.05, 4.69) is 15.9 Å². The maximum atomic E-state index is 6.20. The van der Waals surface area contributed by atoms with Gasteiger partial charge >= 0.3 is 7.87 Å². The van der Waals surface area contributed by atoms with E-state index in [0.29, 0.717) is 0 Å². The molecule has 0 saturated heterocycles. The van der Waals surface area contributed by atoms with Crippen molar-refractivity contribution in [2.75, 3.05) is 14.2 Å². The lowest BCUT2D eigenvalue weighted by molar-refractivity contribution is 0.280. The van der Waals surface area contributed by atoms with Crippen LogP contribution < -0.4 is 5.19 Å². The van der Waals surface area contributed by atoms with Gasteiger partial charge in [0.2, 0.25) is 0 Å². The Labute approximate surface area is 91.9 Å². The predicted molar refractivity (Wildman–Crippen MR) is 59.4 cm³/mol. The van der Waals surface area contributed by atoms with Crippen molar-refractivity contribution in [3.63, 3.8) is 0 Å². The summed E-state index contributed by atoms with van der Waals surface area (Å²) in [4.78, 5) is 0. The van der Waals surface area contributed by atoms with Gasteiger partial charge in [-0.1, -0.05) is 45.2 Å². The van der Waals surface area contributed by atoms with Gasteiger partial charge in [-0.15, -0.1) is 0 Å². The first-order valence-electron chi connectivity index (χ1n) is 3.68. The smallest absolute Gasteiger partial charge is 0.383 e. The summed E-state index contributed by atoms with van der Waals surface area (Å²) < 4.78 is 11.3. The number of hydrogen-bond acceptors (Lipinski definition) is 2. The molecular formula is C8H10BrClO2Si. The van der Waals surface area contributed by atoms with Gasteiger partial charge < -0.3 is 8.85 Å². The van der Waals surface area contributed by atoms with Crippen molar-refractivity contribution >= 4 is 40.1 Å². The first-order chi connectivity index (χ1) is 6.14. The summed E-state index contributed by atoms with van der Waals surface area (Å²) in [5.41, 5.74) is 0. The first-order valence-corrected chi connectivity index (χ1v) is 7.30. The minimum Gasteiger partial charge on any atom is -0.383 e. The van der Waals surface area contributed by atoms with Crippen molar-refractivity contribution < 1.29 is 8.85 Å². The Morgan fingerprint density at radius 3 is 2.23 bits per heavy atom. The van der Waals surface area contributed by atoms with Gasteiger partial charge in [0.1, 0.15) is 0 Å². The summed E-state index contributed by atoms with van der Waals surface area (Å²) in [5.74, 6) is 0. The molecule has 0 aliphatic rings. The standard InChI is InChI=1S/C8H10BrClO2Si/c1-11-13(10,12-2)8-6-4-3-5-7(8)9/h3-6H,1-2H3. The number of benzene rings is 1. The van der Waals surface area contributed by atoms with E-state index >= 15 is 0 Å². The van der Waals surface area contributed by atoms with Crippen molar-refractivity contribution in [3.8, 4) is 0 Å². The molecule has 0 aromatic heterocycles. The average Bonchev–Trinajstić information content (AvgIpc) is 2.17. The molecular weight excluding hydrogens is 272 g/mol. The molecule has 0 spiro atoms. The van der Waals surface area contributed by atoms with Crippen LogP contribution in [0.3, 0.4) is 0 Å². The fourth-order valence-corrected chi connectivity index (χ4v) is 4.18. The highest BCUT2D eigenvalue weighted by molar-refractivity contribution is 9.10. The molecule has 1 aromatic carbocycles. The average molecular weight is 282 g/mol. The number of hydrogen-bond donors (Lipinski definition) is 0. The molecule has 0 atom stereocenters. The van der Waals surface area contributed by atoms with Gasteiger partial charge in [0.15, 0.2) is 0 Å². The van der Waals surface area contributed by atoms with Crippen molar-refractivity contribution in [2.45, 2.75) is 0 Å². The van der Waals surface area contributed by atoms with Crippen molar-refractivity contribution in [1.82, 2.24) is 0 Å². The van der Waals surface area contributed by atoms with Crippen LogP contribution in [0.5, 0.6) is 0 Å². The van der Waals surface area contributed by atoms with E-state index in [1.165, 1.54) is 0 Å². The Bertz CT molecular complexity index is 291. The van der Waals surface area contributed by atoms with E-state index in [-0.39, 0.29) is 0 Å². The molecule has 1 rings (SSSR count). The van der Waals surface area contributed by atoms with Crippen LogP contribution in [0, 0.1) is 0 Å². The minimum absolute atomic E-state index is 0.890. The number of halogens is 2.